The summed E-state index contributed by atoms with van der Waals surface area (Å²) in [6.45, 7) is 2.21. The van der Waals surface area contributed by atoms with E-state index in [1.54, 1.807) is 42.5 Å². The maximum Gasteiger partial charge on any atom is 0.331 e. The van der Waals surface area contributed by atoms with E-state index in [0.717, 1.165) is 25.9 Å². The van der Waals surface area contributed by atoms with Gasteiger partial charge in [-0.1, -0.05) is 36.4 Å². The normalized spacial score (nSPS) is 12.3. The van der Waals surface area contributed by atoms with Crippen molar-refractivity contribution in [2.45, 2.75) is 25.9 Å². The molecule has 2 aromatic carbocycles. The van der Waals surface area contributed by atoms with Crippen LogP contribution in [-0.2, 0) is 17.9 Å². The summed E-state index contributed by atoms with van der Waals surface area (Å²) in [6, 6.07) is 19.1. The van der Waals surface area contributed by atoms with Gasteiger partial charge in [0.2, 0.25) is 5.91 Å². The third kappa shape index (κ3) is 3.86. The van der Waals surface area contributed by atoms with Gasteiger partial charge in [0.25, 0.3) is 5.56 Å². The molecule has 3 heterocycles. The van der Waals surface area contributed by atoms with Crippen LogP contribution in [0.1, 0.15) is 23.3 Å². The number of aromatic nitrogens is 3. The van der Waals surface area contributed by atoms with E-state index in [1.165, 1.54) is 4.57 Å². The summed E-state index contributed by atoms with van der Waals surface area (Å²) < 4.78 is 2.54. The first-order chi connectivity index (χ1) is 16.6. The predicted octanol–water partition coefficient (Wildman–Crippen LogP) is 3.67. The molecule has 5 aromatic rings. The van der Waals surface area contributed by atoms with Crippen LogP contribution in [0.25, 0.3) is 21.8 Å². The van der Waals surface area contributed by atoms with Crippen molar-refractivity contribution in [3.63, 3.8) is 0 Å². The molecule has 0 bridgehead atoms. The Labute approximate surface area is 199 Å². The largest absolute Gasteiger partial charge is 0.361 e. The number of carbonyl (C=O) groups is 1. The topological polar surface area (TPSA) is 88.9 Å². The molecule has 1 atom stereocenters. The lowest BCUT2D eigenvalue weighted by molar-refractivity contribution is -0.121. The number of nitrogens with one attached hydrogen (secondary N) is 2. The molecule has 5 rings (SSSR count). The second-order valence-corrected chi connectivity index (χ2v) is 9.08. The van der Waals surface area contributed by atoms with Crippen LogP contribution in [0.3, 0.4) is 0 Å². The average Bonchev–Trinajstić information content (AvgIpc) is 3.53. The van der Waals surface area contributed by atoms with Gasteiger partial charge in [0.15, 0.2) is 0 Å². The minimum Gasteiger partial charge on any atom is -0.361 e. The summed E-state index contributed by atoms with van der Waals surface area (Å²) in [6.07, 6.45) is 2.00. The number of nitrogens with zero attached hydrogens (tertiary/aromatic N) is 2. The van der Waals surface area contributed by atoms with Crippen molar-refractivity contribution in [2.24, 2.45) is 0 Å². The van der Waals surface area contributed by atoms with Gasteiger partial charge in [0.05, 0.1) is 10.9 Å². The molecule has 7 nitrogen and oxygen atoms in total. The highest BCUT2D eigenvalue weighted by molar-refractivity contribution is 7.10. The highest BCUT2D eigenvalue weighted by Crippen LogP contribution is 2.32. The standard InChI is InChI=1S/C26H24N4O3S/c1-2-29-25(32)18-9-4-6-11-22(18)30(26(29)33)16-24(31)28-15-20(23-12-7-13-34-23)19-14-27-21-10-5-3-8-17(19)21/h3-14,20,27H,2,15-16H2,1H3,(H,28,31). The van der Waals surface area contributed by atoms with Crippen LogP contribution >= 0.6 is 11.3 Å². The fourth-order valence-corrected chi connectivity index (χ4v) is 5.30. The Morgan fingerprint density at radius 2 is 1.76 bits per heavy atom. The van der Waals surface area contributed by atoms with E-state index in [0.29, 0.717) is 17.4 Å². The van der Waals surface area contributed by atoms with Crippen LogP contribution in [0, 0.1) is 0 Å². The molecule has 0 aliphatic rings. The first kappa shape index (κ1) is 21.9. The Kier molecular flexibility index (Phi) is 5.90. The third-order valence-electron chi connectivity index (χ3n) is 6.14. The van der Waals surface area contributed by atoms with Crippen molar-refractivity contribution >= 4 is 39.0 Å². The number of H-pyrrole nitrogens is 1. The van der Waals surface area contributed by atoms with E-state index in [-0.39, 0.29) is 30.5 Å². The summed E-state index contributed by atoms with van der Waals surface area (Å²) in [4.78, 5) is 43.1. The molecule has 0 fully saturated rings. The van der Waals surface area contributed by atoms with Gasteiger partial charge >= 0.3 is 5.69 Å². The number of thiophene rings is 1. The Morgan fingerprint density at radius 1 is 1.00 bits per heavy atom. The maximum atomic E-state index is 13.0. The van der Waals surface area contributed by atoms with Crippen molar-refractivity contribution < 1.29 is 4.79 Å². The Balaban J connectivity index is 1.44. The van der Waals surface area contributed by atoms with Crippen LogP contribution in [-0.4, -0.2) is 26.6 Å². The van der Waals surface area contributed by atoms with E-state index in [4.69, 9.17) is 0 Å². The van der Waals surface area contributed by atoms with Crippen molar-refractivity contribution in [2.75, 3.05) is 6.54 Å². The monoisotopic (exact) mass is 472 g/mol. The minimum absolute atomic E-state index is 0.0295. The first-order valence-corrected chi connectivity index (χ1v) is 12.0. The smallest absolute Gasteiger partial charge is 0.331 e. The molecule has 0 spiro atoms. The summed E-state index contributed by atoms with van der Waals surface area (Å²) in [5.41, 5.74) is 1.80. The molecule has 34 heavy (non-hydrogen) atoms. The highest BCUT2D eigenvalue weighted by atomic mass is 32.1. The molecule has 172 valence electrons. The Morgan fingerprint density at radius 3 is 2.53 bits per heavy atom. The van der Waals surface area contributed by atoms with Gasteiger partial charge in [0.1, 0.15) is 6.54 Å². The van der Waals surface area contributed by atoms with Crippen LogP contribution in [0.4, 0.5) is 0 Å². The van der Waals surface area contributed by atoms with Gasteiger partial charge < -0.3 is 10.3 Å². The number of benzene rings is 2. The maximum absolute atomic E-state index is 13.0. The molecular formula is C26H24N4O3S. The number of hydrogen-bond donors (Lipinski definition) is 2. The second kappa shape index (κ2) is 9.15. The van der Waals surface area contributed by atoms with E-state index < -0.39 is 5.69 Å². The summed E-state index contributed by atoms with van der Waals surface area (Å²) in [5.74, 6) is -0.312. The molecule has 3 aromatic heterocycles. The van der Waals surface area contributed by atoms with E-state index >= 15 is 0 Å². The average molecular weight is 473 g/mol. The fraction of sp³-hybridized carbons (Fsp3) is 0.192. The Hall–Kier alpha value is -3.91. The van der Waals surface area contributed by atoms with Gasteiger partial charge in [-0.3, -0.25) is 18.7 Å². The lowest BCUT2D eigenvalue weighted by atomic mass is 9.96. The molecular weight excluding hydrogens is 448 g/mol. The number of para-hydroxylation sites is 2. The van der Waals surface area contributed by atoms with Crippen molar-refractivity contribution in [1.29, 1.82) is 0 Å². The molecule has 0 aliphatic carbocycles. The fourth-order valence-electron chi connectivity index (χ4n) is 4.45. The number of fused-ring (bicyclic) bond motifs is 2. The van der Waals surface area contributed by atoms with Crippen molar-refractivity contribution in [3.05, 3.63) is 104 Å². The lowest BCUT2D eigenvalue weighted by Gasteiger charge is -2.17. The van der Waals surface area contributed by atoms with E-state index in [1.807, 2.05) is 35.8 Å². The molecule has 8 heteroatoms. The van der Waals surface area contributed by atoms with Crippen molar-refractivity contribution in [1.82, 2.24) is 19.4 Å². The molecule has 1 unspecified atom stereocenters. The number of hydrogen-bond acceptors (Lipinski definition) is 4. The van der Waals surface area contributed by atoms with Gasteiger partial charge in [-0.2, -0.15) is 0 Å². The number of aromatic amines is 1. The molecule has 0 saturated heterocycles. The van der Waals surface area contributed by atoms with E-state index in [9.17, 15) is 14.4 Å². The molecule has 0 aliphatic heterocycles. The second-order valence-electron chi connectivity index (χ2n) is 8.10. The lowest BCUT2D eigenvalue weighted by Crippen LogP contribution is -2.42. The summed E-state index contributed by atoms with van der Waals surface area (Å²) in [7, 11) is 0. The Bertz CT molecular complexity index is 1590. The van der Waals surface area contributed by atoms with Crippen LogP contribution in [0.5, 0.6) is 0 Å². The summed E-state index contributed by atoms with van der Waals surface area (Å²) >= 11 is 1.65. The number of carbonyl (C=O) groups excluding carboxylic acids is 1. The quantitative estimate of drug-likeness (QED) is 0.379. The summed E-state index contributed by atoms with van der Waals surface area (Å²) in [5, 5.41) is 6.59. The zero-order chi connectivity index (χ0) is 23.7. The van der Waals surface area contributed by atoms with Crippen LogP contribution in [0.2, 0.25) is 0 Å². The van der Waals surface area contributed by atoms with E-state index in [2.05, 4.69) is 22.4 Å². The number of amides is 1. The molecule has 0 radical (unpaired) electrons. The number of rotatable bonds is 7. The zero-order valence-electron chi connectivity index (χ0n) is 18.7. The highest BCUT2D eigenvalue weighted by Gasteiger charge is 2.21. The third-order valence-corrected chi connectivity index (χ3v) is 7.12. The predicted molar refractivity (Wildman–Crippen MR) is 136 cm³/mol. The molecule has 0 saturated carbocycles. The van der Waals surface area contributed by atoms with Gasteiger partial charge in [0, 0.05) is 41.0 Å². The molecule has 2 N–H and O–H groups in total. The zero-order valence-corrected chi connectivity index (χ0v) is 19.5. The first-order valence-electron chi connectivity index (χ1n) is 11.2. The van der Waals surface area contributed by atoms with Gasteiger partial charge in [-0.25, -0.2) is 4.79 Å². The van der Waals surface area contributed by atoms with Gasteiger partial charge in [-0.15, -0.1) is 11.3 Å². The van der Waals surface area contributed by atoms with Crippen molar-refractivity contribution in [3.8, 4) is 0 Å². The van der Waals surface area contributed by atoms with Crippen LogP contribution < -0.4 is 16.6 Å². The SMILES string of the molecule is CCn1c(=O)c2ccccc2n(CC(=O)NCC(c2cccs2)c2c[nH]c3ccccc23)c1=O. The minimum atomic E-state index is -0.479. The van der Waals surface area contributed by atoms with Crippen LogP contribution in [0.15, 0.2) is 81.8 Å². The molecule has 1 amide bonds. The van der Waals surface area contributed by atoms with Gasteiger partial charge in [-0.05, 0) is 42.1 Å².